The van der Waals surface area contributed by atoms with Gasteiger partial charge in [-0.15, -0.1) is 5.69 Å². The van der Waals surface area contributed by atoms with Crippen LogP contribution in [0.5, 0.6) is 0 Å². The van der Waals surface area contributed by atoms with E-state index in [-0.39, 0.29) is 7.43 Å². The van der Waals surface area contributed by atoms with Crippen LogP contribution in [0.1, 0.15) is 48.9 Å². The van der Waals surface area contributed by atoms with Crippen LogP contribution in [0, 0.1) is 39.0 Å². The number of nitrogens with zero attached hydrogens (tertiary/aromatic N) is 1. The van der Waals surface area contributed by atoms with E-state index in [1.54, 1.807) is 15.9 Å². The Bertz CT molecular complexity index is 1770. The minimum absolute atomic E-state index is 0. The summed E-state index contributed by atoms with van der Waals surface area (Å²) in [5.41, 5.74) is 9.74. The van der Waals surface area contributed by atoms with Gasteiger partial charge in [-0.05, 0) is 88.3 Å². The number of rotatable bonds is 8. The summed E-state index contributed by atoms with van der Waals surface area (Å²) >= 11 is -0.556. The van der Waals surface area contributed by atoms with Crippen molar-refractivity contribution in [3.8, 4) is 0 Å². The molecule has 0 amide bonds. The summed E-state index contributed by atoms with van der Waals surface area (Å²) in [7, 11) is 3.25. The second-order valence-corrected chi connectivity index (χ2v) is 49.2. The average molecular weight is 840 g/mol. The molecule has 0 bridgehead atoms. The summed E-state index contributed by atoms with van der Waals surface area (Å²) in [5, 5.41) is 3.46. The van der Waals surface area contributed by atoms with Gasteiger partial charge in [0.1, 0.15) is 7.75 Å². The maximum atomic E-state index is 5.41. The van der Waals surface area contributed by atoms with Crippen molar-refractivity contribution in [1.29, 1.82) is 0 Å². The molecule has 2 nitrogen and oxygen atoms in total. The fraction of sp³-hybridized carbons (Fsp3) is 0.419. The molecule has 0 saturated heterocycles. The number of para-hydroxylation sites is 1. The monoisotopic (exact) mass is 838 g/mol. The van der Waals surface area contributed by atoms with Gasteiger partial charge in [-0.25, -0.2) is 0 Å². The molecular weight excluding hydrogens is 776 g/mol. The van der Waals surface area contributed by atoms with Gasteiger partial charge in [-0.3, -0.25) is 0 Å². The molecule has 9 heteroatoms. The number of allylic oxidation sites excluding steroid dienone is 5. The SMILES string of the molecule is CC1=Cc2cccc([Si](C)(C)[Si](C)(C)Nc3ccccc3C)c2C1.Cc1ccccc1[N-][Si](C)(C)[Si](C)(C)C1=CC=CC2CC(C)CC12.[CH3-].[Cl][Ti][Cl]. The Balaban J connectivity index is 0.000000256. The van der Waals surface area contributed by atoms with E-state index in [0.29, 0.717) is 0 Å². The Morgan fingerprint density at radius 1 is 0.769 bits per heavy atom. The molecule has 3 unspecified atom stereocenters. The molecular formula is C43H64Cl2N2Si4Ti-2. The minimum atomic E-state index is -1.71. The van der Waals surface area contributed by atoms with Gasteiger partial charge in [0.2, 0.25) is 0 Å². The number of anilines is 1. The van der Waals surface area contributed by atoms with Gasteiger partial charge in [0.15, 0.2) is 0 Å². The number of fused-ring (bicyclic) bond motifs is 2. The third kappa shape index (κ3) is 10.1. The summed E-state index contributed by atoms with van der Waals surface area (Å²) < 4.78 is 0. The molecule has 3 aliphatic rings. The van der Waals surface area contributed by atoms with Gasteiger partial charge in [0.05, 0.1) is 15.2 Å². The normalized spacial score (nSPS) is 19.3. The number of benzene rings is 3. The first-order chi connectivity index (χ1) is 23.9. The average Bonchev–Trinajstić information content (AvgIpc) is 3.64. The topological polar surface area (TPSA) is 26.1 Å². The van der Waals surface area contributed by atoms with Crippen molar-refractivity contribution in [2.24, 2.45) is 17.8 Å². The van der Waals surface area contributed by atoms with E-state index in [1.807, 2.05) is 0 Å². The van der Waals surface area contributed by atoms with Crippen molar-refractivity contribution in [3.63, 3.8) is 0 Å². The number of hydrogen-bond acceptors (Lipinski definition) is 1. The summed E-state index contributed by atoms with van der Waals surface area (Å²) in [6, 6.07) is 24.3. The molecule has 1 N–H and O–H groups in total. The molecule has 3 aromatic carbocycles. The van der Waals surface area contributed by atoms with Gasteiger partial charge in [0, 0.05) is 5.69 Å². The van der Waals surface area contributed by atoms with Crippen molar-refractivity contribution < 1.29 is 17.0 Å². The van der Waals surface area contributed by atoms with Crippen molar-refractivity contribution in [3.05, 3.63) is 130 Å². The van der Waals surface area contributed by atoms with Gasteiger partial charge >= 0.3 is 35.6 Å². The summed E-state index contributed by atoms with van der Waals surface area (Å²) in [6.07, 6.45) is 13.6. The van der Waals surface area contributed by atoms with Gasteiger partial charge in [-0.2, -0.15) is 0 Å². The summed E-state index contributed by atoms with van der Waals surface area (Å²) in [5.74, 6) is 2.45. The molecule has 3 atom stereocenters. The second kappa shape index (κ2) is 18.5. The van der Waals surface area contributed by atoms with Crippen LogP contribution in [-0.2, 0) is 23.5 Å². The number of aryl methyl sites for hydroxylation is 2. The second-order valence-electron chi connectivity index (χ2n) is 17.2. The Kier molecular flexibility index (Phi) is 16.0. The zero-order valence-corrected chi connectivity index (χ0v) is 41.3. The first kappa shape index (κ1) is 45.0. The Morgan fingerprint density at radius 2 is 1.38 bits per heavy atom. The molecule has 0 aliphatic heterocycles. The molecule has 3 aromatic rings. The zero-order valence-electron chi connectivity index (χ0n) is 34.2. The van der Waals surface area contributed by atoms with Gasteiger partial charge < -0.3 is 17.4 Å². The maximum absolute atomic E-state index is 5.41. The molecule has 1 fully saturated rings. The summed E-state index contributed by atoms with van der Waals surface area (Å²) in [6.45, 7) is 29.4. The van der Waals surface area contributed by atoms with Crippen LogP contribution in [0.15, 0.2) is 95.7 Å². The zero-order chi connectivity index (χ0) is 37.8. The Labute approximate surface area is 338 Å². The quantitative estimate of drug-likeness (QED) is 0.177. The molecule has 282 valence electrons. The van der Waals surface area contributed by atoms with E-state index < -0.39 is 47.7 Å². The van der Waals surface area contributed by atoms with Crippen LogP contribution in [0.3, 0.4) is 0 Å². The molecule has 1 saturated carbocycles. The Hall–Kier alpha value is -1.36. The van der Waals surface area contributed by atoms with Crippen LogP contribution in [-0.4, -0.2) is 30.7 Å². The molecule has 6 rings (SSSR count). The molecule has 52 heavy (non-hydrogen) atoms. The standard InChI is InChI=1S/C21H32NSi2.C21H29NSi2.CH3.2ClH.Ti/c2*1-16-14-18-11-9-13-21(19(18)15-16)23(3,4)24(5,6)22-20-12-8-7-10-17(20)2;;;;/h7-13,16,18-19H,14-15H2,1-6H3;7-14,22H,15H2,1-6H3;1H3;2*1H;/q-1;;-1;;;+2/p-2. The molecule has 3 aliphatic carbocycles. The number of hydrogen-bond donors (Lipinski definition) is 1. The van der Waals surface area contributed by atoms with E-state index in [4.69, 9.17) is 23.6 Å². The van der Waals surface area contributed by atoms with Crippen molar-refractivity contribution >= 4 is 71.9 Å². The molecule has 0 aromatic heterocycles. The third-order valence-corrected chi connectivity index (χ3v) is 45.2. The first-order valence-electron chi connectivity index (χ1n) is 18.6. The fourth-order valence-electron chi connectivity index (χ4n) is 8.14. The molecule has 0 spiro atoms. The van der Waals surface area contributed by atoms with Gasteiger partial charge in [-0.1, -0.05) is 166 Å². The van der Waals surface area contributed by atoms with Crippen LogP contribution < -0.4 is 10.2 Å². The van der Waals surface area contributed by atoms with E-state index >= 15 is 0 Å². The number of halogens is 2. The van der Waals surface area contributed by atoms with Crippen LogP contribution in [0.4, 0.5) is 11.4 Å². The molecule has 0 radical (unpaired) electrons. The van der Waals surface area contributed by atoms with Crippen LogP contribution >= 0.6 is 18.6 Å². The predicted octanol–water partition coefficient (Wildman–Crippen LogP) is 13.8. The predicted molar refractivity (Wildman–Crippen MR) is 243 cm³/mol. The van der Waals surface area contributed by atoms with Crippen LogP contribution in [0.25, 0.3) is 11.1 Å². The fourth-order valence-corrected chi connectivity index (χ4v) is 23.4. The molecule has 0 heterocycles. The third-order valence-electron chi connectivity index (χ3n) is 12.5. The van der Waals surface area contributed by atoms with Crippen molar-refractivity contribution in [2.75, 3.05) is 4.98 Å². The summed E-state index contributed by atoms with van der Waals surface area (Å²) in [4.78, 5) is 9.42. The van der Waals surface area contributed by atoms with Crippen molar-refractivity contribution in [2.45, 2.75) is 99.3 Å². The van der Waals surface area contributed by atoms with E-state index in [9.17, 15) is 0 Å². The Morgan fingerprint density at radius 3 is 2.02 bits per heavy atom. The van der Waals surface area contributed by atoms with E-state index in [0.717, 1.165) is 24.2 Å². The van der Waals surface area contributed by atoms with Crippen molar-refractivity contribution in [1.82, 2.24) is 0 Å². The van der Waals surface area contributed by atoms with Crippen LogP contribution in [0.2, 0.25) is 52.4 Å². The van der Waals surface area contributed by atoms with E-state index in [1.165, 1.54) is 46.5 Å². The number of nitrogens with one attached hydrogen (secondary N) is 1. The van der Waals surface area contributed by atoms with E-state index in [2.05, 4.69) is 176 Å². The van der Waals surface area contributed by atoms with Gasteiger partial charge in [0.25, 0.3) is 0 Å². The first-order valence-corrected chi connectivity index (χ1v) is 36.9.